The molecule has 7 nitrogen and oxygen atoms in total. The van der Waals surface area contributed by atoms with E-state index in [0.29, 0.717) is 12.4 Å². The largest absolute Gasteiger partial charge is 0.493 e. The Bertz CT molecular complexity index is 879. The zero-order chi connectivity index (χ0) is 17.3. The van der Waals surface area contributed by atoms with E-state index < -0.39 is 10.0 Å². The third-order valence-electron chi connectivity index (χ3n) is 4.51. The summed E-state index contributed by atoms with van der Waals surface area (Å²) in [6.45, 7) is 2.64. The van der Waals surface area contributed by atoms with Crippen LogP contribution in [-0.4, -0.2) is 38.1 Å². The number of benzene rings is 1. The normalized spacial score (nSPS) is 16.7. The van der Waals surface area contributed by atoms with Gasteiger partial charge in [-0.25, -0.2) is 23.1 Å². The van der Waals surface area contributed by atoms with Gasteiger partial charge in [0.25, 0.3) is 0 Å². The smallest absolute Gasteiger partial charge is 0.240 e. The standard InChI is InChI=1S/C17H20N4O3S/c22-25(23,14-3-4-15-13(11-14)6-10-24-15)19-12-16-18-7-5-17(20-16)21-8-1-2-9-21/h3-5,7,11,19H,1-2,6,8-10,12H2. The average Bonchev–Trinajstić information content (AvgIpc) is 3.31. The van der Waals surface area contributed by atoms with Gasteiger partial charge in [0, 0.05) is 25.7 Å². The minimum absolute atomic E-state index is 0.0671. The lowest BCUT2D eigenvalue weighted by Gasteiger charge is -2.16. The van der Waals surface area contributed by atoms with Gasteiger partial charge in [0.15, 0.2) is 0 Å². The van der Waals surface area contributed by atoms with Crippen LogP contribution >= 0.6 is 0 Å². The van der Waals surface area contributed by atoms with E-state index in [0.717, 1.165) is 49.5 Å². The van der Waals surface area contributed by atoms with E-state index in [-0.39, 0.29) is 11.4 Å². The highest BCUT2D eigenvalue weighted by Gasteiger charge is 2.20. The summed E-state index contributed by atoms with van der Waals surface area (Å²) >= 11 is 0. The van der Waals surface area contributed by atoms with Gasteiger partial charge >= 0.3 is 0 Å². The molecule has 0 aliphatic carbocycles. The van der Waals surface area contributed by atoms with Crippen LogP contribution in [0.5, 0.6) is 5.75 Å². The fraction of sp³-hybridized carbons (Fsp3) is 0.412. The molecule has 132 valence electrons. The molecular formula is C17H20N4O3S. The second-order valence-electron chi connectivity index (χ2n) is 6.22. The number of aromatic nitrogens is 2. The lowest BCUT2D eigenvalue weighted by Crippen LogP contribution is -2.25. The molecule has 1 saturated heterocycles. The van der Waals surface area contributed by atoms with Gasteiger partial charge in [0.1, 0.15) is 17.4 Å². The third kappa shape index (κ3) is 3.45. The van der Waals surface area contributed by atoms with Crippen molar-refractivity contribution in [1.82, 2.24) is 14.7 Å². The molecule has 0 amide bonds. The second kappa shape index (κ2) is 6.61. The van der Waals surface area contributed by atoms with Gasteiger partial charge < -0.3 is 9.64 Å². The number of hydrogen-bond donors (Lipinski definition) is 1. The van der Waals surface area contributed by atoms with Crippen LogP contribution in [0, 0.1) is 0 Å². The Morgan fingerprint density at radius 1 is 1.20 bits per heavy atom. The van der Waals surface area contributed by atoms with Crippen molar-refractivity contribution in [3.8, 4) is 5.75 Å². The molecule has 2 aromatic rings. The first-order valence-corrected chi connectivity index (χ1v) is 9.92. The maximum Gasteiger partial charge on any atom is 0.240 e. The van der Waals surface area contributed by atoms with Gasteiger partial charge in [-0.3, -0.25) is 0 Å². The van der Waals surface area contributed by atoms with Crippen LogP contribution in [0.25, 0.3) is 0 Å². The van der Waals surface area contributed by atoms with E-state index in [1.54, 1.807) is 24.4 Å². The molecule has 8 heteroatoms. The zero-order valence-corrected chi connectivity index (χ0v) is 14.6. The number of ether oxygens (including phenoxy) is 1. The summed E-state index contributed by atoms with van der Waals surface area (Å²) in [5.74, 6) is 2.09. The molecule has 0 unspecified atom stereocenters. The lowest BCUT2D eigenvalue weighted by molar-refractivity contribution is 0.356. The molecule has 1 N–H and O–H groups in total. The second-order valence-corrected chi connectivity index (χ2v) is 7.98. The predicted molar refractivity (Wildman–Crippen MR) is 93.1 cm³/mol. The average molecular weight is 360 g/mol. The van der Waals surface area contributed by atoms with Crippen LogP contribution in [0.4, 0.5) is 5.82 Å². The van der Waals surface area contributed by atoms with Crippen LogP contribution in [0.15, 0.2) is 35.4 Å². The van der Waals surface area contributed by atoms with Crippen molar-refractivity contribution >= 4 is 15.8 Å². The summed E-state index contributed by atoms with van der Waals surface area (Å²) < 4.78 is 33.1. The van der Waals surface area contributed by atoms with Crippen LogP contribution < -0.4 is 14.4 Å². The van der Waals surface area contributed by atoms with Crippen molar-refractivity contribution in [3.05, 3.63) is 41.9 Å². The molecule has 0 bridgehead atoms. The highest BCUT2D eigenvalue weighted by atomic mass is 32.2. The van der Waals surface area contributed by atoms with E-state index in [2.05, 4.69) is 19.6 Å². The van der Waals surface area contributed by atoms with Gasteiger partial charge in [-0.1, -0.05) is 0 Å². The van der Waals surface area contributed by atoms with Crippen molar-refractivity contribution in [2.24, 2.45) is 0 Å². The van der Waals surface area contributed by atoms with Gasteiger partial charge in [-0.2, -0.15) is 0 Å². The highest BCUT2D eigenvalue weighted by molar-refractivity contribution is 7.89. The van der Waals surface area contributed by atoms with Gasteiger partial charge in [0.05, 0.1) is 18.0 Å². The molecule has 4 rings (SSSR count). The number of hydrogen-bond acceptors (Lipinski definition) is 6. The van der Waals surface area contributed by atoms with Crippen molar-refractivity contribution in [2.45, 2.75) is 30.7 Å². The van der Waals surface area contributed by atoms with E-state index in [1.807, 2.05) is 6.07 Å². The first-order chi connectivity index (χ1) is 12.1. The Balaban J connectivity index is 1.47. The molecule has 2 aliphatic rings. The molecule has 25 heavy (non-hydrogen) atoms. The number of nitrogens with one attached hydrogen (secondary N) is 1. The number of sulfonamides is 1. The van der Waals surface area contributed by atoms with E-state index >= 15 is 0 Å². The van der Waals surface area contributed by atoms with E-state index in [9.17, 15) is 8.42 Å². The van der Waals surface area contributed by atoms with Gasteiger partial charge in [0.2, 0.25) is 10.0 Å². The molecule has 1 fully saturated rings. The molecule has 0 radical (unpaired) electrons. The summed E-state index contributed by atoms with van der Waals surface area (Å²) in [6, 6.07) is 6.81. The number of rotatable bonds is 5. The van der Waals surface area contributed by atoms with E-state index in [1.165, 1.54) is 0 Å². The molecule has 0 saturated carbocycles. The van der Waals surface area contributed by atoms with Crippen LogP contribution in [0.1, 0.15) is 24.2 Å². The highest BCUT2D eigenvalue weighted by Crippen LogP contribution is 2.27. The summed E-state index contributed by atoms with van der Waals surface area (Å²) in [4.78, 5) is 11.1. The summed E-state index contributed by atoms with van der Waals surface area (Å²) in [6.07, 6.45) is 4.73. The van der Waals surface area contributed by atoms with Gasteiger partial charge in [-0.05, 0) is 42.7 Å². The van der Waals surface area contributed by atoms with Crippen molar-refractivity contribution in [3.63, 3.8) is 0 Å². The maximum atomic E-state index is 12.5. The molecule has 1 aromatic heterocycles. The molecule has 0 spiro atoms. The topological polar surface area (TPSA) is 84.4 Å². The molecule has 2 aliphatic heterocycles. The van der Waals surface area contributed by atoms with Crippen LogP contribution in [-0.2, 0) is 23.0 Å². The molecular weight excluding hydrogens is 340 g/mol. The minimum Gasteiger partial charge on any atom is -0.493 e. The Labute approximate surface area is 147 Å². The first kappa shape index (κ1) is 16.3. The maximum absolute atomic E-state index is 12.5. The SMILES string of the molecule is O=S(=O)(NCc1nccc(N2CCCC2)n1)c1ccc2c(c1)CCO2. The van der Waals surface area contributed by atoms with Crippen molar-refractivity contribution < 1.29 is 13.2 Å². The van der Waals surface area contributed by atoms with E-state index in [4.69, 9.17) is 4.74 Å². The summed E-state index contributed by atoms with van der Waals surface area (Å²) in [5, 5.41) is 0. The molecule has 3 heterocycles. The van der Waals surface area contributed by atoms with Gasteiger partial charge in [-0.15, -0.1) is 0 Å². The Hall–Kier alpha value is -2.19. The minimum atomic E-state index is -3.61. The Kier molecular flexibility index (Phi) is 4.30. The third-order valence-corrected chi connectivity index (χ3v) is 5.91. The summed E-state index contributed by atoms with van der Waals surface area (Å²) in [5.41, 5.74) is 0.926. The summed E-state index contributed by atoms with van der Waals surface area (Å²) in [7, 11) is -3.61. The lowest BCUT2D eigenvalue weighted by atomic mass is 10.2. The Morgan fingerprint density at radius 3 is 2.88 bits per heavy atom. The van der Waals surface area contributed by atoms with Crippen molar-refractivity contribution in [2.75, 3.05) is 24.6 Å². The Morgan fingerprint density at radius 2 is 2.04 bits per heavy atom. The number of anilines is 1. The predicted octanol–water partition coefficient (Wildman–Crippen LogP) is 1.49. The molecule has 1 aromatic carbocycles. The fourth-order valence-corrected chi connectivity index (χ4v) is 4.20. The molecule has 0 atom stereocenters. The van der Waals surface area contributed by atoms with Crippen LogP contribution in [0.3, 0.4) is 0 Å². The first-order valence-electron chi connectivity index (χ1n) is 8.44. The monoisotopic (exact) mass is 360 g/mol. The number of nitrogens with zero attached hydrogens (tertiary/aromatic N) is 3. The fourth-order valence-electron chi connectivity index (χ4n) is 3.17. The zero-order valence-electron chi connectivity index (χ0n) is 13.8. The van der Waals surface area contributed by atoms with Crippen molar-refractivity contribution in [1.29, 1.82) is 0 Å². The van der Waals surface area contributed by atoms with Crippen LogP contribution in [0.2, 0.25) is 0 Å². The quantitative estimate of drug-likeness (QED) is 0.870. The number of fused-ring (bicyclic) bond motifs is 1.